The van der Waals surface area contributed by atoms with E-state index in [2.05, 4.69) is 12.1 Å². The molecule has 1 saturated heterocycles. The van der Waals surface area contributed by atoms with E-state index in [0.29, 0.717) is 11.4 Å². The smallest absolute Gasteiger partial charge is 0.207 e. The molecule has 23 heavy (non-hydrogen) atoms. The van der Waals surface area contributed by atoms with Crippen molar-refractivity contribution in [2.45, 2.75) is 43.5 Å². The van der Waals surface area contributed by atoms with Gasteiger partial charge in [0, 0.05) is 12.6 Å². The second-order valence-corrected chi connectivity index (χ2v) is 8.16. The molecular formula is C19H23NO2S. The van der Waals surface area contributed by atoms with E-state index in [0.717, 1.165) is 31.2 Å². The van der Waals surface area contributed by atoms with Gasteiger partial charge in [0.2, 0.25) is 10.0 Å². The molecule has 3 rings (SSSR count). The van der Waals surface area contributed by atoms with Gasteiger partial charge in [-0.3, -0.25) is 0 Å². The fourth-order valence-electron chi connectivity index (χ4n) is 3.23. The van der Waals surface area contributed by atoms with Gasteiger partial charge in [-0.2, -0.15) is 4.31 Å². The lowest BCUT2D eigenvalue weighted by molar-refractivity contribution is 0.251. The average Bonchev–Trinajstić information content (AvgIpc) is 2.56. The molecule has 1 aliphatic rings. The Hall–Kier alpha value is -1.65. The Balaban J connectivity index is 1.87. The Morgan fingerprint density at radius 1 is 1.00 bits per heavy atom. The highest BCUT2D eigenvalue weighted by Crippen LogP contribution is 2.27. The Morgan fingerprint density at radius 2 is 1.70 bits per heavy atom. The summed E-state index contributed by atoms with van der Waals surface area (Å²) < 4.78 is 27.8. The van der Waals surface area contributed by atoms with Gasteiger partial charge in [-0.1, -0.05) is 54.4 Å². The van der Waals surface area contributed by atoms with Crippen LogP contribution in [0.15, 0.2) is 59.5 Å². The fourth-order valence-corrected chi connectivity index (χ4v) is 4.92. The maximum atomic E-state index is 13.0. The number of benzene rings is 2. The third-order valence-electron chi connectivity index (χ3n) is 4.51. The maximum absolute atomic E-state index is 13.0. The second kappa shape index (κ2) is 6.85. The number of piperidine rings is 1. The van der Waals surface area contributed by atoms with Crippen LogP contribution in [-0.4, -0.2) is 25.3 Å². The summed E-state index contributed by atoms with van der Waals surface area (Å²) in [5.74, 6) is 0. The van der Waals surface area contributed by atoms with Gasteiger partial charge < -0.3 is 0 Å². The fraction of sp³-hybridized carbons (Fsp3) is 0.368. The maximum Gasteiger partial charge on any atom is 0.243 e. The Kier molecular flexibility index (Phi) is 4.83. The summed E-state index contributed by atoms with van der Waals surface area (Å²) >= 11 is 0. The van der Waals surface area contributed by atoms with Crippen molar-refractivity contribution < 1.29 is 8.42 Å². The van der Waals surface area contributed by atoms with Crippen molar-refractivity contribution >= 4 is 10.0 Å². The summed E-state index contributed by atoms with van der Waals surface area (Å²) in [6, 6.07) is 17.4. The number of nitrogens with zero attached hydrogens (tertiary/aromatic N) is 1. The molecule has 2 aromatic carbocycles. The molecule has 2 aromatic rings. The van der Waals surface area contributed by atoms with Gasteiger partial charge in [-0.25, -0.2) is 8.42 Å². The summed E-state index contributed by atoms with van der Waals surface area (Å²) in [6.07, 6.45) is 3.75. The zero-order valence-corrected chi connectivity index (χ0v) is 14.3. The molecule has 0 aliphatic carbocycles. The SMILES string of the molecule is Cc1ccc(S(=O)(=O)N2CCCCC2Cc2ccccc2)cc1. The Labute approximate surface area is 139 Å². The number of hydrogen-bond acceptors (Lipinski definition) is 2. The van der Waals surface area contributed by atoms with Crippen LogP contribution in [0.4, 0.5) is 0 Å². The van der Waals surface area contributed by atoms with E-state index in [4.69, 9.17) is 0 Å². The normalized spacial score (nSPS) is 19.6. The van der Waals surface area contributed by atoms with Gasteiger partial charge in [0.15, 0.2) is 0 Å². The van der Waals surface area contributed by atoms with Crippen LogP contribution in [0.25, 0.3) is 0 Å². The molecule has 0 amide bonds. The van der Waals surface area contributed by atoms with Crippen LogP contribution in [0.5, 0.6) is 0 Å². The van der Waals surface area contributed by atoms with Gasteiger partial charge >= 0.3 is 0 Å². The molecule has 1 fully saturated rings. The molecule has 0 radical (unpaired) electrons. The first kappa shape index (κ1) is 16.2. The molecule has 0 aromatic heterocycles. The van der Waals surface area contributed by atoms with E-state index in [9.17, 15) is 8.42 Å². The minimum absolute atomic E-state index is 0.0532. The van der Waals surface area contributed by atoms with E-state index in [1.54, 1.807) is 16.4 Å². The van der Waals surface area contributed by atoms with Crippen LogP contribution in [0.3, 0.4) is 0 Å². The van der Waals surface area contributed by atoms with Crippen LogP contribution in [0.1, 0.15) is 30.4 Å². The van der Waals surface area contributed by atoms with Crippen LogP contribution in [0.2, 0.25) is 0 Å². The first-order valence-electron chi connectivity index (χ1n) is 8.20. The number of rotatable bonds is 4. The van der Waals surface area contributed by atoms with E-state index in [1.807, 2.05) is 37.3 Å². The van der Waals surface area contributed by atoms with Crippen molar-refractivity contribution in [2.75, 3.05) is 6.54 Å². The summed E-state index contributed by atoms with van der Waals surface area (Å²) in [5, 5.41) is 0. The lowest BCUT2D eigenvalue weighted by Crippen LogP contribution is -2.44. The van der Waals surface area contributed by atoms with E-state index in [1.165, 1.54) is 5.56 Å². The highest BCUT2D eigenvalue weighted by atomic mass is 32.2. The van der Waals surface area contributed by atoms with Crippen LogP contribution in [-0.2, 0) is 16.4 Å². The van der Waals surface area contributed by atoms with E-state index in [-0.39, 0.29) is 6.04 Å². The van der Waals surface area contributed by atoms with Crippen molar-refractivity contribution in [3.63, 3.8) is 0 Å². The van der Waals surface area contributed by atoms with E-state index < -0.39 is 10.0 Å². The summed E-state index contributed by atoms with van der Waals surface area (Å²) in [7, 11) is -3.41. The minimum atomic E-state index is -3.41. The Bertz CT molecular complexity index is 739. The molecule has 1 heterocycles. The molecule has 1 unspecified atom stereocenters. The number of sulfonamides is 1. The molecule has 122 valence electrons. The minimum Gasteiger partial charge on any atom is -0.207 e. The number of hydrogen-bond donors (Lipinski definition) is 0. The predicted molar refractivity (Wildman–Crippen MR) is 92.9 cm³/mol. The van der Waals surface area contributed by atoms with Crippen molar-refractivity contribution in [1.82, 2.24) is 4.31 Å². The summed E-state index contributed by atoms with van der Waals surface area (Å²) in [4.78, 5) is 0.406. The molecule has 0 bridgehead atoms. The summed E-state index contributed by atoms with van der Waals surface area (Å²) in [6.45, 7) is 2.59. The zero-order valence-electron chi connectivity index (χ0n) is 13.5. The molecular weight excluding hydrogens is 306 g/mol. The third-order valence-corrected chi connectivity index (χ3v) is 6.48. The monoisotopic (exact) mass is 329 g/mol. The highest BCUT2D eigenvalue weighted by molar-refractivity contribution is 7.89. The number of aryl methyl sites for hydroxylation is 1. The topological polar surface area (TPSA) is 37.4 Å². The van der Waals surface area contributed by atoms with Gasteiger partial charge in [-0.05, 0) is 43.9 Å². The van der Waals surface area contributed by atoms with Gasteiger partial charge in [0.1, 0.15) is 0 Å². The Morgan fingerprint density at radius 3 is 2.39 bits per heavy atom. The van der Waals surface area contributed by atoms with Crippen LogP contribution in [0, 0.1) is 6.92 Å². The molecule has 0 saturated carbocycles. The standard InChI is InChI=1S/C19H23NO2S/c1-16-10-12-19(13-11-16)23(21,22)20-14-6-5-9-18(20)15-17-7-3-2-4-8-17/h2-4,7-8,10-13,18H,5-6,9,14-15H2,1H3. The zero-order chi connectivity index (χ0) is 16.3. The largest absolute Gasteiger partial charge is 0.243 e. The van der Waals surface area contributed by atoms with Gasteiger partial charge in [0.05, 0.1) is 4.90 Å². The van der Waals surface area contributed by atoms with Crippen LogP contribution >= 0.6 is 0 Å². The van der Waals surface area contributed by atoms with Crippen molar-refractivity contribution in [3.05, 3.63) is 65.7 Å². The molecule has 0 N–H and O–H groups in total. The second-order valence-electron chi connectivity index (χ2n) is 6.27. The lowest BCUT2D eigenvalue weighted by Gasteiger charge is -2.35. The van der Waals surface area contributed by atoms with Crippen molar-refractivity contribution in [3.8, 4) is 0 Å². The molecule has 1 atom stereocenters. The van der Waals surface area contributed by atoms with Crippen LogP contribution < -0.4 is 0 Å². The predicted octanol–water partition coefficient (Wildman–Crippen LogP) is 3.78. The third kappa shape index (κ3) is 3.65. The first-order valence-corrected chi connectivity index (χ1v) is 9.64. The highest BCUT2D eigenvalue weighted by Gasteiger charge is 2.33. The van der Waals surface area contributed by atoms with E-state index >= 15 is 0 Å². The average molecular weight is 329 g/mol. The van der Waals surface area contributed by atoms with Crippen molar-refractivity contribution in [1.29, 1.82) is 0 Å². The molecule has 0 spiro atoms. The quantitative estimate of drug-likeness (QED) is 0.856. The first-order chi connectivity index (χ1) is 11.1. The van der Waals surface area contributed by atoms with Crippen molar-refractivity contribution in [2.24, 2.45) is 0 Å². The van der Waals surface area contributed by atoms with Gasteiger partial charge in [0.25, 0.3) is 0 Å². The molecule has 1 aliphatic heterocycles. The lowest BCUT2D eigenvalue weighted by atomic mass is 9.98. The molecule has 3 nitrogen and oxygen atoms in total. The summed E-state index contributed by atoms with van der Waals surface area (Å²) in [5.41, 5.74) is 2.27. The van der Waals surface area contributed by atoms with Gasteiger partial charge in [-0.15, -0.1) is 0 Å². The molecule has 4 heteroatoms.